The Morgan fingerprint density at radius 3 is 2.76 bits per heavy atom. The van der Waals surface area contributed by atoms with Gasteiger partial charge in [0.25, 0.3) is 5.22 Å². The van der Waals surface area contributed by atoms with Crippen molar-refractivity contribution >= 4 is 17.7 Å². The molecule has 0 spiro atoms. The second-order valence-electron chi connectivity index (χ2n) is 4.83. The lowest BCUT2D eigenvalue weighted by atomic mass is 10.1. The molecule has 0 aliphatic heterocycles. The molecule has 1 N–H and O–H groups in total. The molecule has 0 saturated carbocycles. The van der Waals surface area contributed by atoms with Crippen LogP contribution in [0.1, 0.15) is 25.0 Å². The van der Waals surface area contributed by atoms with E-state index in [0.717, 1.165) is 5.56 Å². The van der Waals surface area contributed by atoms with Crippen molar-refractivity contribution in [1.29, 1.82) is 0 Å². The molecule has 0 aliphatic rings. The maximum absolute atomic E-state index is 11.7. The van der Waals surface area contributed by atoms with Crippen LogP contribution in [0.4, 0.5) is 0 Å². The molecule has 2 rings (SSSR count). The largest absolute Gasteiger partial charge is 0.411 e. The molecule has 5 nitrogen and oxygen atoms in total. The molecular weight excluding hydrogens is 286 g/mol. The normalized spacial score (nSPS) is 12.2. The molecule has 21 heavy (non-hydrogen) atoms. The van der Waals surface area contributed by atoms with Crippen molar-refractivity contribution in [2.75, 3.05) is 6.54 Å². The average molecular weight is 305 g/mol. The number of aromatic nitrogens is 2. The number of carbonyl (C=O) groups is 1. The summed E-state index contributed by atoms with van der Waals surface area (Å²) in [5.74, 6) is 0.442. The Hall–Kier alpha value is -1.82. The summed E-state index contributed by atoms with van der Waals surface area (Å²) in [7, 11) is 0. The maximum Gasteiger partial charge on any atom is 0.277 e. The highest BCUT2D eigenvalue weighted by molar-refractivity contribution is 8.00. The third-order valence-electron chi connectivity index (χ3n) is 3.16. The standard InChI is InChI=1S/C15H19N3O2S/c1-5-16-13(19)11(4)21-15-18-17-14(20-15)12-7-6-9(2)10(3)8-12/h6-8,11H,5H2,1-4H3,(H,16,19)/t11-/m1/s1. The fourth-order valence-electron chi connectivity index (χ4n) is 1.77. The van der Waals surface area contributed by atoms with Crippen molar-refractivity contribution < 1.29 is 9.21 Å². The van der Waals surface area contributed by atoms with E-state index in [1.807, 2.05) is 39.0 Å². The third kappa shape index (κ3) is 3.85. The Morgan fingerprint density at radius 2 is 2.10 bits per heavy atom. The first-order chi connectivity index (χ1) is 10.0. The second-order valence-corrected chi connectivity index (χ2v) is 6.12. The van der Waals surface area contributed by atoms with Crippen molar-refractivity contribution in [2.45, 2.75) is 38.2 Å². The van der Waals surface area contributed by atoms with Crippen LogP contribution in [0.15, 0.2) is 27.8 Å². The fourth-order valence-corrected chi connectivity index (χ4v) is 2.48. The van der Waals surface area contributed by atoms with Gasteiger partial charge in [0.1, 0.15) is 0 Å². The molecule has 0 saturated heterocycles. The number of thioether (sulfide) groups is 1. The molecule has 112 valence electrons. The smallest absolute Gasteiger partial charge is 0.277 e. The van der Waals surface area contributed by atoms with Crippen LogP contribution in [0.5, 0.6) is 0 Å². The van der Waals surface area contributed by atoms with Gasteiger partial charge in [0.15, 0.2) is 0 Å². The molecule has 1 aromatic heterocycles. The zero-order chi connectivity index (χ0) is 15.4. The molecule has 0 bridgehead atoms. The van der Waals surface area contributed by atoms with Gasteiger partial charge in [-0.3, -0.25) is 4.79 Å². The van der Waals surface area contributed by atoms with E-state index in [0.29, 0.717) is 17.7 Å². The van der Waals surface area contributed by atoms with Gasteiger partial charge in [-0.15, -0.1) is 10.2 Å². The van der Waals surface area contributed by atoms with Crippen LogP contribution in [0.3, 0.4) is 0 Å². The van der Waals surface area contributed by atoms with E-state index in [1.165, 1.54) is 22.9 Å². The van der Waals surface area contributed by atoms with Gasteiger partial charge in [0.2, 0.25) is 11.8 Å². The highest BCUT2D eigenvalue weighted by atomic mass is 32.2. The Kier molecular flexibility index (Phi) is 5.01. The van der Waals surface area contributed by atoms with Crippen LogP contribution in [0.2, 0.25) is 0 Å². The van der Waals surface area contributed by atoms with Crippen LogP contribution < -0.4 is 5.32 Å². The molecule has 1 aromatic carbocycles. The van der Waals surface area contributed by atoms with Gasteiger partial charge in [0, 0.05) is 12.1 Å². The van der Waals surface area contributed by atoms with Crippen LogP contribution in [0.25, 0.3) is 11.5 Å². The first kappa shape index (κ1) is 15.6. The van der Waals surface area contributed by atoms with Gasteiger partial charge in [-0.1, -0.05) is 17.8 Å². The fraction of sp³-hybridized carbons (Fsp3) is 0.400. The molecule has 0 radical (unpaired) electrons. The minimum absolute atomic E-state index is 0.0339. The molecule has 6 heteroatoms. The van der Waals surface area contributed by atoms with Crippen molar-refractivity contribution in [3.63, 3.8) is 0 Å². The van der Waals surface area contributed by atoms with Gasteiger partial charge >= 0.3 is 0 Å². The maximum atomic E-state index is 11.7. The number of aryl methyl sites for hydroxylation is 2. The molecule has 0 aliphatic carbocycles. The summed E-state index contributed by atoms with van der Waals surface area (Å²) in [6, 6.07) is 6.00. The molecular formula is C15H19N3O2S. The van der Waals surface area contributed by atoms with Crippen molar-refractivity contribution in [3.8, 4) is 11.5 Å². The minimum atomic E-state index is -0.266. The number of nitrogens with zero attached hydrogens (tertiary/aromatic N) is 2. The Morgan fingerprint density at radius 1 is 1.33 bits per heavy atom. The van der Waals surface area contributed by atoms with Crippen LogP contribution in [0, 0.1) is 13.8 Å². The van der Waals surface area contributed by atoms with E-state index < -0.39 is 0 Å². The number of amides is 1. The third-order valence-corrected chi connectivity index (χ3v) is 4.09. The quantitative estimate of drug-likeness (QED) is 0.860. The lowest BCUT2D eigenvalue weighted by molar-refractivity contribution is -0.120. The summed E-state index contributed by atoms with van der Waals surface area (Å²) in [5.41, 5.74) is 3.29. The lowest BCUT2D eigenvalue weighted by Gasteiger charge is -2.07. The number of benzene rings is 1. The van der Waals surface area contributed by atoms with Crippen molar-refractivity contribution in [1.82, 2.24) is 15.5 Å². The number of rotatable bonds is 5. The SMILES string of the molecule is CCNC(=O)[C@@H](C)Sc1nnc(-c2ccc(C)c(C)c2)o1. The Labute approximate surface area is 128 Å². The summed E-state index contributed by atoms with van der Waals surface area (Å²) in [6.45, 7) is 8.42. The highest BCUT2D eigenvalue weighted by Crippen LogP contribution is 2.27. The highest BCUT2D eigenvalue weighted by Gasteiger charge is 2.18. The minimum Gasteiger partial charge on any atom is -0.411 e. The van der Waals surface area contributed by atoms with Crippen molar-refractivity contribution in [3.05, 3.63) is 29.3 Å². The molecule has 2 aromatic rings. The predicted molar refractivity (Wildman–Crippen MR) is 83.2 cm³/mol. The Bertz CT molecular complexity index is 640. The average Bonchev–Trinajstić information content (AvgIpc) is 2.90. The van der Waals surface area contributed by atoms with E-state index in [9.17, 15) is 4.79 Å². The van der Waals surface area contributed by atoms with Gasteiger partial charge in [-0.2, -0.15) is 0 Å². The predicted octanol–water partition coefficient (Wildman–Crippen LogP) is 2.97. The van der Waals surface area contributed by atoms with E-state index in [-0.39, 0.29) is 11.2 Å². The molecule has 0 fully saturated rings. The summed E-state index contributed by atoms with van der Waals surface area (Å²) in [5, 5.41) is 10.9. The number of hydrogen-bond acceptors (Lipinski definition) is 5. The monoisotopic (exact) mass is 305 g/mol. The van der Waals surface area contributed by atoms with Gasteiger partial charge in [0.05, 0.1) is 5.25 Å². The van der Waals surface area contributed by atoms with Gasteiger partial charge in [-0.25, -0.2) is 0 Å². The summed E-state index contributed by atoms with van der Waals surface area (Å²) in [4.78, 5) is 11.7. The molecule has 1 heterocycles. The van der Waals surface area contributed by atoms with Crippen LogP contribution >= 0.6 is 11.8 Å². The van der Waals surface area contributed by atoms with Crippen LogP contribution in [-0.4, -0.2) is 27.9 Å². The van der Waals surface area contributed by atoms with E-state index in [2.05, 4.69) is 22.4 Å². The van der Waals surface area contributed by atoms with Crippen molar-refractivity contribution in [2.24, 2.45) is 0 Å². The van der Waals surface area contributed by atoms with E-state index in [4.69, 9.17) is 4.42 Å². The summed E-state index contributed by atoms with van der Waals surface area (Å²) >= 11 is 1.26. The summed E-state index contributed by atoms with van der Waals surface area (Å²) < 4.78 is 5.62. The number of carbonyl (C=O) groups excluding carboxylic acids is 1. The van der Waals surface area contributed by atoms with Crippen LogP contribution in [-0.2, 0) is 4.79 Å². The first-order valence-electron chi connectivity index (χ1n) is 6.86. The first-order valence-corrected chi connectivity index (χ1v) is 7.74. The Balaban J connectivity index is 2.10. The molecule has 1 amide bonds. The number of nitrogens with one attached hydrogen (secondary N) is 1. The molecule has 0 unspecified atom stereocenters. The topological polar surface area (TPSA) is 68.0 Å². The van der Waals surface area contributed by atoms with E-state index in [1.54, 1.807) is 0 Å². The number of hydrogen-bond donors (Lipinski definition) is 1. The van der Waals surface area contributed by atoms with Gasteiger partial charge < -0.3 is 9.73 Å². The second kappa shape index (κ2) is 6.76. The molecule has 1 atom stereocenters. The van der Waals surface area contributed by atoms with E-state index >= 15 is 0 Å². The van der Waals surface area contributed by atoms with Gasteiger partial charge in [-0.05, 0) is 51.0 Å². The zero-order valence-electron chi connectivity index (χ0n) is 12.6. The summed E-state index contributed by atoms with van der Waals surface area (Å²) in [6.07, 6.45) is 0. The lowest BCUT2D eigenvalue weighted by Crippen LogP contribution is -2.30. The zero-order valence-corrected chi connectivity index (χ0v) is 13.5.